The van der Waals surface area contributed by atoms with Gasteiger partial charge in [-0.3, -0.25) is 4.68 Å². The van der Waals surface area contributed by atoms with E-state index in [1.54, 1.807) is 4.68 Å². The Morgan fingerprint density at radius 1 is 1.58 bits per heavy atom. The van der Waals surface area contributed by atoms with Crippen LogP contribution in [0.3, 0.4) is 0 Å². The third-order valence-electron chi connectivity index (χ3n) is 1.90. The van der Waals surface area contributed by atoms with E-state index < -0.39 is 0 Å². The quantitative estimate of drug-likeness (QED) is 0.743. The zero-order valence-electron chi connectivity index (χ0n) is 8.04. The third kappa shape index (κ3) is 2.26. The summed E-state index contributed by atoms with van der Waals surface area (Å²) in [6, 6.07) is 0. The molecule has 0 saturated heterocycles. The smallest absolute Gasteiger partial charge is 0.0853 e. The molecular weight excluding hydrogens is 150 g/mol. The molecule has 0 aliphatic rings. The van der Waals surface area contributed by atoms with Crippen LogP contribution in [0.5, 0.6) is 0 Å². The molecule has 1 rings (SSSR count). The number of nitrogens with zero attached hydrogens (tertiary/aromatic N) is 2. The Morgan fingerprint density at radius 2 is 2.25 bits per heavy atom. The highest BCUT2D eigenvalue weighted by Gasteiger charge is 2.04. The highest BCUT2D eigenvalue weighted by atomic mass is 15.3. The van der Waals surface area contributed by atoms with Crippen LogP contribution in [-0.4, -0.2) is 9.78 Å². The molecule has 3 nitrogen and oxygen atoms in total. The van der Waals surface area contributed by atoms with Crippen LogP contribution in [-0.2, 0) is 13.5 Å². The first-order valence-corrected chi connectivity index (χ1v) is 4.37. The number of hydrogen-bond acceptors (Lipinski definition) is 2. The topological polar surface area (TPSA) is 43.8 Å². The molecule has 1 heterocycles. The fraction of sp³-hybridized carbons (Fsp3) is 0.667. The molecule has 0 fully saturated rings. The van der Waals surface area contributed by atoms with Crippen LogP contribution in [0.4, 0.5) is 5.69 Å². The van der Waals surface area contributed by atoms with Gasteiger partial charge in [0.1, 0.15) is 0 Å². The summed E-state index contributed by atoms with van der Waals surface area (Å²) >= 11 is 0. The molecule has 3 heteroatoms. The van der Waals surface area contributed by atoms with E-state index in [2.05, 4.69) is 18.9 Å². The summed E-state index contributed by atoms with van der Waals surface area (Å²) in [5, 5.41) is 4.27. The first-order chi connectivity index (χ1) is 5.59. The standard InChI is InChI=1S/C9H17N3/c1-7(2)4-5-9-8(10)6-12(3)11-9/h6-7H,4-5,10H2,1-3H3. The van der Waals surface area contributed by atoms with E-state index in [1.165, 1.54) is 0 Å². The zero-order valence-corrected chi connectivity index (χ0v) is 8.04. The molecule has 0 atom stereocenters. The van der Waals surface area contributed by atoms with Crippen molar-refractivity contribution in [1.82, 2.24) is 9.78 Å². The van der Waals surface area contributed by atoms with Crippen LogP contribution in [0, 0.1) is 5.92 Å². The number of aryl methyl sites for hydroxylation is 2. The van der Waals surface area contributed by atoms with Crippen molar-refractivity contribution < 1.29 is 0 Å². The largest absolute Gasteiger partial charge is 0.396 e. The van der Waals surface area contributed by atoms with Crippen LogP contribution in [0.25, 0.3) is 0 Å². The fourth-order valence-corrected chi connectivity index (χ4v) is 1.17. The average molecular weight is 167 g/mol. The summed E-state index contributed by atoms with van der Waals surface area (Å²) in [7, 11) is 1.90. The van der Waals surface area contributed by atoms with E-state index in [-0.39, 0.29) is 0 Å². The summed E-state index contributed by atoms with van der Waals surface area (Å²) in [6.45, 7) is 4.41. The van der Waals surface area contributed by atoms with Crippen molar-refractivity contribution in [2.45, 2.75) is 26.7 Å². The predicted molar refractivity (Wildman–Crippen MR) is 50.8 cm³/mol. The van der Waals surface area contributed by atoms with Crippen molar-refractivity contribution in [2.75, 3.05) is 5.73 Å². The number of nitrogen functional groups attached to an aromatic ring is 1. The van der Waals surface area contributed by atoms with Gasteiger partial charge in [-0.05, 0) is 18.8 Å². The number of nitrogens with two attached hydrogens (primary N) is 1. The van der Waals surface area contributed by atoms with Gasteiger partial charge in [0.05, 0.1) is 11.4 Å². The van der Waals surface area contributed by atoms with E-state index in [0.29, 0.717) is 5.92 Å². The Balaban J connectivity index is 2.57. The lowest BCUT2D eigenvalue weighted by molar-refractivity contribution is 0.577. The van der Waals surface area contributed by atoms with Gasteiger partial charge in [-0.2, -0.15) is 5.10 Å². The number of rotatable bonds is 3. The summed E-state index contributed by atoms with van der Waals surface area (Å²) in [6.07, 6.45) is 4.00. The van der Waals surface area contributed by atoms with Crippen LogP contribution in [0.1, 0.15) is 26.0 Å². The second-order valence-electron chi connectivity index (χ2n) is 3.64. The van der Waals surface area contributed by atoms with Gasteiger partial charge < -0.3 is 5.73 Å². The molecule has 0 unspecified atom stereocenters. The van der Waals surface area contributed by atoms with Gasteiger partial charge in [-0.15, -0.1) is 0 Å². The first-order valence-electron chi connectivity index (χ1n) is 4.37. The van der Waals surface area contributed by atoms with Crippen molar-refractivity contribution >= 4 is 5.69 Å². The van der Waals surface area contributed by atoms with Gasteiger partial charge in [-0.25, -0.2) is 0 Å². The van der Waals surface area contributed by atoms with Gasteiger partial charge >= 0.3 is 0 Å². The van der Waals surface area contributed by atoms with Gasteiger partial charge in [0.15, 0.2) is 0 Å². The minimum atomic E-state index is 0.714. The summed E-state index contributed by atoms with van der Waals surface area (Å²) in [4.78, 5) is 0. The second-order valence-corrected chi connectivity index (χ2v) is 3.64. The highest BCUT2D eigenvalue weighted by molar-refractivity contribution is 5.40. The normalized spacial score (nSPS) is 11.0. The van der Waals surface area contributed by atoms with E-state index in [4.69, 9.17) is 5.73 Å². The van der Waals surface area contributed by atoms with E-state index >= 15 is 0 Å². The Hall–Kier alpha value is -0.990. The monoisotopic (exact) mass is 167 g/mol. The van der Waals surface area contributed by atoms with Crippen molar-refractivity contribution in [3.05, 3.63) is 11.9 Å². The van der Waals surface area contributed by atoms with Crippen molar-refractivity contribution in [3.63, 3.8) is 0 Å². The Bertz CT molecular complexity index is 250. The number of hydrogen-bond donors (Lipinski definition) is 1. The molecule has 0 aliphatic heterocycles. The molecule has 0 spiro atoms. The Kier molecular flexibility index (Phi) is 2.74. The predicted octanol–water partition coefficient (Wildman–Crippen LogP) is 1.59. The lowest BCUT2D eigenvalue weighted by Crippen LogP contribution is -1.97. The maximum Gasteiger partial charge on any atom is 0.0853 e. The molecule has 0 aromatic carbocycles. The minimum absolute atomic E-state index is 0.714. The minimum Gasteiger partial charge on any atom is -0.396 e. The Morgan fingerprint density at radius 3 is 2.67 bits per heavy atom. The lowest BCUT2D eigenvalue weighted by Gasteiger charge is -2.01. The van der Waals surface area contributed by atoms with Gasteiger partial charge in [0.2, 0.25) is 0 Å². The highest BCUT2D eigenvalue weighted by Crippen LogP contribution is 2.13. The zero-order chi connectivity index (χ0) is 9.14. The fourth-order valence-electron chi connectivity index (χ4n) is 1.17. The number of anilines is 1. The molecule has 0 saturated carbocycles. The van der Waals surface area contributed by atoms with Gasteiger partial charge in [0.25, 0.3) is 0 Å². The van der Waals surface area contributed by atoms with Crippen molar-refractivity contribution in [3.8, 4) is 0 Å². The van der Waals surface area contributed by atoms with Crippen LogP contribution >= 0.6 is 0 Å². The van der Waals surface area contributed by atoms with E-state index in [9.17, 15) is 0 Å². The molecule has 68 valence electrons. The van der Waals surface area contributed by atoms with Crippen LogP contribution in [0.15, 0.2) is 6.20 Å². The van der Waals surface area contributed by atoms with E-state index in [0.717, 1.165) is 24.2 Å². The molecular formula is C9H17N3. The molecule has 1 aromatic heterocycles. The summed E-state index contributed by atoms with van der Waals surface area (Å²) in [5.41, 5.74) is 7.60. The third-order valence-corrected chi connectivity index (χ3v) is 1.90. The molecule has 0 bridgehead atoms. The summed E-state index contributed by atoms with van der Waals surface area (Å²) < 4.78 is 1.77. The lowest BCUT2D eigenvalue weighted by atomic mass is 10.1. The van der Waals surface area contributed by atoms with Crippen molar-refractivity contribution in [2.24, 2.45) is 13.0 Å². The SMILES string of the molecule is CC(C)CCc1nn(C)cc1N. The summed E-state index contributed by atoms with van der Waals surface area (Å²) in [5.74, 6) is 0.714. The molecule has 0 radical (unpaired) electrons. The van der Waals surface area contributed by atoms with Crippen molar-refractivity contribution in [1.29, 1.82) is 0 Å². The first kappa shape index (κ1) is 9.10. The maximum atomic E-state index is 5.74. The molecule has 2 N–H and O–H groups in total. The second kappa shape index (κ2) is 3.61. The van der Waals surface area contributed by atoms with Gasteiger partial charge in [0, 0.05) is 13.2 Å². The molecule has 1 aromatic rings. The van der Waals surface area contributed by atoms with Crippen LogP contribution < -0.4 is 5.73 Å². The van der Waals surface area contributed by atoms with Gasteiger partial charge in [-0.1, -0.05) is 13.8 Å². The van der Waals surface area contributed by atoms with Crippen LogP contribution in [0.2, 0.25) is 0 Å². The Labute approximate surface area is 73.6 Å². The molecule has 0 amide bonds. The van der Waals surface area contributed by atoms with E-state index in [1.807, 2.05) is 13.2 Å². The maximum absolute atomic E-state index is 5.74. The number of aromatic nitrogens is 2. The molecule has 12 heavy (non-hydrogen) atoms. The molecule has 0 aliphatic carbocycles. The average Bonchev–Trinajstić information content (AvgIpc) is 2.26.